The molecule has 96 valence electrons. The van der Waals surface area contributed by atoms with E-state index in [2.05, 4.69) is 39.2 Å². The normalized spacial score (nSPS) is 10.6. The van der Waals surface area contributed by atoms with Crippen molar-refractivity contribution in [3.05, 3.63) is 44.2 Å². The first kappa shape index (κ1) is 13.5. The average Bonchev–Trinajstić information content (AvgIpc) is 2.69. The van der Waals surface area contributed by atoms with E-state index in [1.807, 2.05) is 29.7 Å². The minimum atomic E-state index is 0.650. The van der Waals surface area contributed by atoms with Crippen LogP contribution in [0.2, 0.25) is 0 Å². The molecular formula is C13H15BrN2OS. The van der Waals surface area contributed by atoms with E-state index in [1.54, 1.807) is 7.11 Å². The molecule has 0 fully saturated rings. The van der Waals surface area contributed by atoms with Crippen LogP contribution in [0.3, 0.4) is 0 Å². The molecular weight excluding hydrogens is 312 g/mol. The molecule has 0 saturated heterocycles. The highest BCUT2D eigenvalue weighted by Crippen LogP contribution is 2.26. The molecule has 0 aliphatic heterocycles. The summed E-state index contributed by atoms with van der Waals surface area (Å²) < 4.78 is 6.21. The maximum atomic E-state index is 5.02. The van der Waals surface area contributed by atoms with Gasteiger partial charge in [-0.1, -0.05) is 6.07 Å². The van der Waals surface area contributed by atoms with E-state index in [0.717, 1.165) is 18.7 Å². The number of nitrogens with zero attached hydrogens (tertiary/aromatic N) is 1. The van der Waals surface area contributed by atoms with Crippen molar-refractivity contribution in [1.82, 2.24) is 10.3 Å². The van der Waals surface area contributed by atoms with E-state index in [0.29, 0.717) is 5.88 Å². The molecule has 2 rings (SSSR count). The largest absolute Gasteiger partial charge is 0.481 e. The predicted molar refractivity (Wildman–Crippen MR) is 78.1 cm³/mol. The third-order valence-corrected chi connectivity index (χ3v) is 4.68. The number of aromatic nitrogens is 1. The highest BCUT2D eigenvalue weighted by molar-refractivity contribution is 9.10. The second-order valence-corrected chi connectivity index (χ2v) is 6.12. The first-order valence-electron chi connectivity index (χ1n) is 5.63. The van der Waals surface area contributed by atoms with Crippen LogP contribution in [0.15, 0.2) is 28.9 Å². The Balaban J connectivity index is 1.84. The molecule has 0 amide bonds. The molecule has 0 aliphatic rings. The second kappa shape index (κ2) is 6.31. The Bertz CT molecular complexity index is 491. The number of nitrogens with one attached hydrogen (secondary N) is 1. The number of hydrogen-bond acceptors (Lipinski definition) is 4. The minimum Gasteiger partial charge on any atom is -0.481 e. The Morgan fingerprint density at radius 2 is 2.22 bits per heavy atom. The van der Waals surface area contributed by atoms with E-state index < -0.39 is 0 Å². The average molecular weight is 327 g/mol. The van der Waals surface area contributed by atoms with Crippen molar-refractivity contribution >= 4 is 27.3 Å². The number of pyridine rings is 1. The van der Waals surface area contributed by atoms with Crippen LogP contribution >= 0.6 is 27.3 Å². The van der Waals surface area contributed by atoms with E-state index >= 15 is 0 Å². The monoisotopic (exact) mass is 326 g/mol. The van der Waals surface area contributed by atoms with Crippen molar-refractivity contribution in [2.75, 3.05) is 7.11 Å². The van der Waals surface area contributed by atoms with Gasteiger partial charge in [-0.25, -0.2) is 4.98 Å². The number of aryl methyl sites for hydroxylation is 1. The van der Waals surface area contributed by atoms with Gasteiger partial charge in [0.05, 0.1) is 7.11 Å². The van der Waals surface area contributed by atoms with Crippen molar-refractivity contribution < 1.29 is 4.74 Å². The summed E-state index contributed by atoms with van der Waals surface area (Å²) in [5, 5.41) is 3.40. The SMILES string of the molecule is COc1ccc(CNCc2cc(Br)c(C)s2)cn1. The summed E-state index contributed by atoms with van der Waals surface area (Å²) in [6.45, 7) is 3.81. The molecule has 0 atom stereocenters. The van der Waals surface area contributed by atoms with Gasteiger partial charge in [-0.05, 0) is 34.5 Å². The van der Waals surface area contributed by atoms with Gasteiger partial charge in [-0.2, -0.15) is 0 Å². The van der Waals surface area contributed by atoms with E-state index in [9.17, 15) is 0 Å². The molecule has 18 heavy (non-hydrogen) atoms. The molecule has 0 spiro atoms. The summed E-state index contributed by atoms with van der Waals surface area (Å²) in [5.41, 5.74) is 1.16. The molecule has 2 heterocycles. The first-order valence-corrected chi connectivity index (χ1v) is 7.24. The van der Waals surface area contributed by atoms with Crippen LogP contribution in [0.25, 0.3) is 0 Å². The Morgan fingerprint density at radius 1 is 1.39 bits per heavy atom. The smallest absolute Gasteiger partial charge is 0.212 e. The molecule has 0 unspecified atom stereocenters. The quantitative estimate of drug-likeness (QED) is 0.912. The number of hydrogen-bond donors (Lipinski definition) is 1. The Kier molecular flexibility index (Phi) is 4.74. The third kappa shape index (κ3) is 3.54. The molecule has 2 aromatic rings. The van der Waals surface area contributed by atoms with Gasteiger partial charge in [0.15, 0.2) is 0 Å². The molecule has 5 heteroatoms. The Morgan fingerprint density at radius 3 is 2.78 bits per heavy atom. The lowest BCUT2D eigenvalue weighted by Gasteiger charge is -2.04. The second-order valence-electron chi connectivity index (χ2n) is 3.93. The van der Waals surface area contributed by atoms with Crippen LogP contribution in [-0.4, -0.2) is 12.1 Å². The van der Waals surface area contributed by atoms with Crippen LogP contribution in [0, 0.1) is 6.92 Å². The summed E-state index contributed by atoms with van der Waals surface area (Å²) >= 11 is 5.34. The molecule has 2 aromatic heterocycles. The fourth-order valence-corrected chi connectivity index (χ4v) is 3.14. The van der Waals surface area contributed by atoms with Gasteiger partial charge in [-0.15, -0.1) is 11.3 Å². The topological polar surface area (TPSA) is 34.1 Å². The predicted octanol–water partition coefficient (Wildman–Crippen LogP) is 3.51. The molecule has 0 aliphatic carbocycles. The molecule has 0 radical (unpaired) electrons. The van der Waals surface area contributed by atoms with Crippen molar-refractivity contribution in [3.63, 3.8) is 0 Å². The number of rotatable bonds is 5. The number of ether oxygens (including phenoxy) is 1. The Labute approximate surface area is 119 Å². The highest BCUT2D eigenvalue weighted by Gasteiger charge is 2.02. The zero-order valence-electron chi connectivity index (χ0n) is 10.4. The van der Waals surface area contributed by atoms with Crippen LogP contribution in [0.1, 0.15) is 15.3 Å². The lowest BCUT2D eigenvalue weighted by Crippen LogP contribution is -2.11. The molecule has 0 aromatic carbocycles. The van der Waals surface area contributed by atoms with Crippen molar-refractivity contribution in [1.29, 1.82) is 0 Å². The minimum absolute atomic E-state index is 0.650. The maximum absolute atomic E-state index is 5.02. The molecule has 0 bridgehead atoms. The molecule has 0 saturated carbocycles. The summed E-state index contributed by atoms with van der Waals surface area (Å²) in [5.74, 6) is 0.650. The van der Waals surface area contributed by atoms with Gasteiger partial charge in [-0.3, -0.25) is 0 Å². The van der Waals surface area contributed by atoms with Crippen LogP contribution in [-0.2, 0) is 13.1 Å². The fraction of sp³-hybridized carbons (Fsp3) is 0.308. The first-order chi connectivity index (χ1) is 8.69. The molecule has 1 N–H and O–H groups in total. The number of halogens is 1. The summed E-state index contributed by atoms with van der Waals surface area (Å²) in [6.07, 6.45) is 1.83. The summed E-state index contributed by atoms with van der Waals surface area (Å²) in [7, 11) is 1.62. The van der Waals surface area contributed by atoms with E-state index in [1.165, 1.54) is 14.2 Å². The van der Waals surface area contributed by atoms with Gasteiger partial charge in [0.25, 0.3) is 0 Å². The van der Waals surface area contributed by atoms with Crippen LogP contribution in [0.5, 0.6) is 5.88 Å². The zero-order chi connectivity index (χ0) is 13.0. The van der Waals surface area contributed by atoms with E-state index in [4.69, 9.17) is 4.74 Å². The van der Waals surface area contributed by atoms with Gasteiger partial charge in [0.2, 0.25) is 5.88 Å². The van der Waals surface area contributed by atoms with E-state index in [-0.39, 0.29) is 0 Å². The standard InChI is InChI=1S/C13H15BrN2OS/c1-9-12(14)5-11(18-9)8-15-6-10-3-4-13(17-2)16-7-10/h3-5,7,15H,6,8H2,1-2H3. The molecule has 3 nitrogen and oxygen atoms in total. The van der Waals surface area contributed by atoms with Crippen molar-refractivity contribution in [2.45, 2.75) is 20.0 Å². The summed E-state index contributed by atoms with van der Waals surface area (Å²) in [4.78, 5) is 6.83. The van der Waals surface area contributed by atoms with Crippen molar-refractivity contribution in [3.8, 4) is 5.88 Å². The Hall–Kier alpha value is -0.910. The lowest BCUT2D eigenvalue weighted by molar-refractivity contribution is 0.397. The number of thiophene rings is 1. The summed E-state index contributed by atoms with van der Waals surface area (Å²) in [6, 6.07) is 6.07. The maximum Gasteiger partial charge on any atom is 0.212 e. The van der Waals surface area contributed by atoms with Gasteiger partial charge in [0.1, 0.15) is 0 Å². The fourth-order valence-electron chi connectivity index (χ4n) is 1.57. The van der Waals surface area contributed by atoms with Crippen molar-refractivity contribution in [2.24, 2.45) is 0 Å². The van der Waals surface area contributed by atoms with Gasteiger partial charge < -0.3 is 10.1 Å². The lowest BCUT2D eigenvalue weighted by atomic mass is 10.3. The highest BCUT2D eigenvalue weighted by atomic mass is 79.9. The van der Waals surface area contributed by atoms with Gasteiger partial charge in [0, 0.05) is 39.6 Å². The van der Waals surface area contributed by atoms with Crippen LogP contribution in [0.4, 0.5) is 0 Å². The van der Waals surface area contributed by atoms with Gasteiger partial charge >= 0.3 is 0 Å². The zero-order valence-corrected chi connectivity index (χ0v) is 12.8. The number of methoxy groups -OCH3 is 1. The third-order valence-electron chi connectivity index (χ3n) is 2.54. The van der Waals surface area contributed by atoms with Crippen LogP contribution < -0.4 is 10.1 Å².